The first-order valence-electron chi connectivity index (χ1n) is 11.2. The number of anilines is 2. The number of benzene rings is 3. The van der Waals surface area contributed by atoms with Crippen LogP contribution in [0.5, 0.6) is 0 Å². The number of rotatable bonds is 9. The van der Waals surface area contributed by atoms with E-state index in [0.717, 1.165) is 35.7 Å². The minimum Gasteiger partial charge on any atom is -0.372 e. The van der Waals surface area contributed by atoms with E-state index in [2.05, 4.69) is 34.3 Å². The van der Waals surface area contributed by atoms with Crippen LogP contribution in [0.2, 0.25) is 10.0 Å². The van der Waals surface area contributed by atoms with E-state index in [9.17, 15) is 4.79 Å². The zero-order valence-corrected chi connectivity index (χ0v) is 21.7. The summed E-state index contributed by atoms with van der Waals surface area (Å²) in [5, 5.41) is 13.6. The highest BCUT2D eigenvalue weighted by molar-refractivity contribution is 7.99. The normalized spacial score (nSPS) is 10.9. The van der Waals surface area contributed by atoms with Crippen LogP contribution in [0.15, 0.2) is 78.0 Å². The van der Waals surface area contributed by atoms with Crippen LogP contribution in [0.4, 0.5) is 11.4 Å². The van der Waals surface area contributed by atoms with Crippen molar-refractivity contribution in [2.24, 2.45) is 0 Å². The van der Waals surface area contributed by atoms with Gasteiger partial charge in [0.2, 0.25) is 5.91 Å². The van der Waals surface area contributed by atoms with Crippen molar-refractivity contribution >= 4 is 52.2 Å². The Morgan fingerprint density at radius 3 is 2.09 bits per heavy atom. The lowest BCUT2D eigenvalue weighted by Gasteiger charge is -2.21. The van der Waals surface area contributed by atoms with Crippen molar-refractivity contribution in [3.8, 4) is 17.1 Å². The SMILES string of the molecule is CCN(CC)c1ccc(NC(=O)CSc2nnc(-c3ccc(Cl)cc3)n2-c2ccc(Cl)cc2)cc1. The lowest BCUT2D eigenvalue weighted by molar-refractivity contribution is -0.113. The second-order valence-electron chi connectivity index (χ2n) is 7.68. The zero-order chi connectivity index (χ0) is 24.8. The average molecular weight is 526 g/mol. The fourth-order valence-corrected chi connectivity index (χ4v) is 4.65. The highest BCUT2D eigenvalue weighted by Gasteiger charge is 2.17. The van der Waals surface area contributed by atoms with Gasteiger partial charge >= 0.3 is 0 Å². The Labute approximate surface area is 219 Å². The standard InChI is InChI=1S/C26H25Cl2N5OS/c1-3-32(4-2)22-15-11-21(12-16-22)29-24(34)17-35-26-31-30-25(18-5-7-19(27)8-6-18)33(26)23-13-9-20(28)10-14-23/h5-16H,3-4,17H2,1-2H3,(H,29,34). The third kappa shape index (κ3) is 6.17. The molecule has 6 nitrogen and oxygen atoms in total. The summed E-state index contributed by atoms with van der Waals surface area (Å²) in [4.78, 5) is 14.9. The van der Waals surface area contributed by atoms with Crippen LogP contribution in [0, 0.1) is 0 Å². The van der Waals surface area contributed by atoms with E-state index in [4.69, 9.17) is 23.2 Å². The van der Waals surface area contributed by atoms with Crippen LogP contribution in [0.3, 0.4) is 0 Å². The molecule has 0 bridgehead atoms. The molecular formula is C26H25Cl2N5OS. The lowest BCUT2D eigenvalue weighted by atomic mass is 10.2. The van der Waals surface area contributed by atoms with E-state index in [0.29, 0.717) is 21.0 Å². The molecule has 1 heterocycles. The van der Waals surface area contributed by atoms with Crippen LogP contribution in [-0.4, -0.2) is 39.5 Å². The number of halogens is 2. The second kappa shape index (κ2) is 11.6. The number of aromatic nitrogens is 3. The van der Waals surface area contributed by atoms with Gasteiger partial charge < -0.3 is 10.2 Å². The minimum absolute atomic E-state index is 0.121. The third-order valence-corrected chi connectivity index (χ3v) is 6.87. The van der Waals surface area contributed by atoms with Gasteiger partial charge in [0.1, 0.15) is 0 Å². The molecule has 0 radical (unpaired) electrons. The van der Waals surface area contributed by atoms with Gasteiger partial charge in [-0.25, -0.2) is 0 Å². The maximum atomic E-state index is 12.7. The van der Waals surface area contributed by atoms with Gasteiger partial charge in [0.25, 0.3) is 0 Å². The quantitative estimate of drug-likeness (QED) is 0.243. The van der Waals surface area contributed by atoms with E-state index in [1.165, 1.54) is 11.8 Å². The average Bonchev–Trinajstić information content (AvgIpc) is 3.29. The predicted octanol–water partition coefficient (Wildman–Crippen LogP) is 6.82. The van der Waals surface area contributed by atoms with Crippen molar-refractivity contribution in [2.75, 3.05) is 29.1 Å². The monoisotopic (exact) mass is 525 g/mol. The van der Waals surface area contributed by atoms with Gasteiger partial charge in [-0.1, -0.05) is 35.0 Å². The summed E-state index contributed by atoms with van der Waals surface area (Å²) in [6, 6.07) is 22.7. The molecule has 0 unspecified atom stereocenters. The van der Waals surface area contributed by atoms with E-state index in [1.54, 1.807) is 0 Å². The van der Waals surface area contributed by atoms with Crippen molar-refractivity contribution in [1.82, 2.24) is 14.8 Å². The topological polar surface area (TPSA) is 63.1 Å². The first-order chi connectivity index (χ1) is 17.0. The van der Waals surface area contributed by atoms with Gasteiger partial charge in [0.15, 0.2) is 11.0 Å². The van der Waals surface area contributed by atoms with Crippen molar-refractivity contribution in [3.05, 3.63) is 82.8 Å². The molecule has 0 saturated carbocycles. The number of hydrogen-bond donors (Lipinski definition) is 1. The molecular weight excluding hydrogens is 501 g/mol. The fraction of sp³-hybridized carbons (Fsp3) is 0.192. The maximum Gasteiger partial charge on any atom is 0.234 e. The van der Waals surface area contributed by atoms with E-state index in [-0.39, 0.29) is 11.7 Å². The summed E-state index contributed by atoms with van der Waals surface area (Å²) in [5.41, 5.74) is 3.60. The molecule has 9 heteroatoms. The van der Waals surface area contributed by atoms with Gasteiger partial charge in [-0.3, -0.25) is 9.36 Å². The largest absolute Gasteiger partial charge is 0.372 e. The number of amides is 1. The molecule has 35 heavy (non-hydrogen) atoms. The summed E-state index contributed by atoms with van der Waals surface area (Å²) in [6.45, 7) is 6.12. The van der Waals surface area contributed by atoms with E-state index in [1.807, 2.05) is 77.4 Å². The Kier molecular flexibility index (Phi) is 8.33. The van der Waals surface area contributed by atoms with Crippen molar-refractivity contribution in [3.63, 3.8) is 0 Å². The minimum atomic E-state index is -0.121. The first-order valence-corrected chi connectivity index (χ1v) is 13.0. The van der Waals surface area contributed by atoms with Crippen LogP contribution >= 0.6 is 35.0 Å². The van der Waals surface area contributed by atoms with Crippen LogP contribution < -0.4 is 10.2 Å². The van der Waals surface area contributed by atoms with Gasteiger partial charge in [0.05, 0.1) is 5.75 Å². The zero-order valence-electron chi connectivity index (χ0n) is 19.4. The molecule has 0 aliphatic rings. The number of hydrogen-bond acceptors (Lipinski definition) is 5. The van der Waals surface area contributed by atoms with Gasteiger partial charge in [-0.2, -0.15) is 0 Å². The van der Waals surface area contributed by atoms with E-state index < -0.39 is 0 Å². The summed E-state index contributed by atoms with van der Waals surface area (Å²) < 4.78 is 1.91. The molecule has 4 rings (SSSR count). The summed E-state index contributed by atoms with van der Waals surface area (Å²) >= 11 is 13.5. The highest BCUT2D eigenvalue weighted by atomic mass is 35.5. The molecule has 1 aromatic heterocycles. The molecule has 4 aromatic rings. The van der Waals surface area contributed by atoms with E-state index >= 15 is 0 Å². The number of nitrogens with one attached hydrogen (secondary N) is 1. The number of carbonyl (C=O) groups is 1. The Balaban J connectivity index is 1.51. The number of carbonyl (C=O) groups excluding carboxylic acids is 1. The van der Waals surface area contributed by atoms with Gasteiger partial charge in [-0.05, 0) is 86.6 Å². The van der Waals surface area contributed by atoms with Crippen molar-refractivity contribution in [1.29, 1.82) is 0 Å². The maximum absolute atomic E-state index is 12.7. The Bertz CT molecular complexity index is 1270. The Morgan fingerprint density at radius 1 is 0.886 bits per heavy atom. The fourth-order valence-electron chi connectivity index (χ4n) is 3.64. The van der Waals surface area contributed by atoms with Crippen molar-refractivity contribution in [2.45, 2.75) is 19.0 Å². The molecule has 0 atom stereocenters. The number of thioether (sulfide) groups is 1. The lowest BCUT2D eigenvalue weighted by Crippen LogP contribution is -2.21. The predicted molar refractivity (Wildman–Crippen MR) is 146 cm³/mol. The van der Waals surface area contributed by atoms with Gasteiger partial charge in [0, 0.05) is 45.8 Å². The van der Waals surface area contributed by atoms with Crippen LogP contribution in [0.1, 0.15) is 13.8 Å². The summed E-state index contributed by atoms with van der Waals surface area (Å²) in [7, 11) is 0. The molecule has 0 aliphatic carbocycles. The van der Waals surface area contributed by atoms with Gasteiger partial charge in [-0.15, -0.1) is 10.2 Å². The Morgan fingerprint density at radius 2 is 1.49 bits per heavy atom. The summed E-state index contributed by atoms with van der Waals surface area (Å²) in [5.74, 6) is 0.715. The van der Waals surface area contributed by atoms with Crippen molar-refractivity contribution < 1.29 is 4.79 Å². The molecule has 1 N–H and O–H groups in total. The van der Waals surface area contributed by atoms with Crippen LogP contribution in [0.25, 0.3) is 17.1 Å². The first kappa shape index (κ1) is 25.1. The molecule has 0 fully saturated rings. The molecule has 180 valence electrons. The molecule has 0 aliphatic heterocycles. The molecule has 3 aromatic carbocycles. The summed E-state index contributed by atoms with van der Waals surface area (Å²) in [6.07, 6.45) is 0. The number of nitrogens with zero attached hydrogens (tertiary/aromatic N) is 4. The van der Waals surface area contributed by atoms with Crippen LogP contribution in [-0.2, 0) is 4.79 Å². The second-order valence-corrected chi connectivity index (χ2v) is 9.50. The molecule has 1 amide bonds. The molecule has 0 spiro atoms. The highest BCUT2D eigenvalue weighted by Crippen LogP contribution is 2.29. The smallest absolute Gasteiger partial charge is 0.234 e. The third-order valence-electron chi connectivity index (χ3n) is 5.43. The Hall–Kier alpha value is -3.00. The molecule has 0 saturated heterocycles.